The molecule has 45 heavy (non-hydrogen) atoms. The van der Waals surface area contributed by atoms with Gasteiger partial charge in [0, 0.05) is 24.0 Å². The predicted octanol–water partition coefficient (Wildman–Crippen LogP) is 6.71. The van der Waals surface area contributed by atoms with Crippen LogP contribution in [0, 0.1) is 13.8 Å². The number of hydrogen-bond donors (Lipinski definition) is 1. The number of hydrogen-bond acceptors (Lipinski definition) is 4. The number of halogens is 1. The fraction of sp³-hybridized carbons (Fsp3) is 0.278. The zero-order chi connectivity index (χ0) is 32.6. The molecule has 0 heterocycles. The van der Waals surface area contributed by atoms with Gasteiger partial charge in [0.15, 0.2) is 0 Å². The number of anilines is 1. The molecule has 2 atom stereocenters. The van der Waals surface area contributed by atoms with Crippen LogP contribution in [0.25, 0.3) is 0 Å². The SMILES string of the molecule is CC[C@@H](C)NC(=O)[C@H](Cc1ccccc1)N(Cc1cccc(Cl)c1)C(=O)CN(c1cc(C)cc(C)c1)S(=O)(=O)c1ccccc1. The van der Waals surface area contributed by atoms with Gasteiger partial charge in [0.1, 0.15) is 12.6 Å². The summed E-state index contributed by atoms with van der Waals surface area (Å²) in [5, 5.41) is 3.54. The minimum atomic E-state index is -4.16. The standard InChI is InChI=1S/C36H40ClN3O4S/c1-5-28(4)38-36(42)34(23-29-13-8-6-9-14-29)39(24-30-15-12-16-31(37)22-30)35(41)25-40(32-20-26(2)19-27(3)21-32)45(43,44)33-17-10-7-11-18-33/h6-22,28,34H,5,23-25H2,1-4H3,(H,38,42)/t28-,34+/m1/s1. The minimum absolute atomic E-state index is 0.0525. The third kappa shape index (κ3) is 8.96. The van der Waals surface area contributed by atoms with Crippen LogP contribution in [0.15, 0.2) is 108 Å². The molecule has 0 aliphatic rings. The van der Waals surface area contributed by atoms with E-state index in [4.69, 9.17) is 11.6 Å². The van der Waals surface area contributed by atoms with Crippen molar-refractivity contribution in [3.05, 3.63) is 130 Å². The number of carbonyl (C=O) groups is 2. The van der Waals surface area contributed by atoms with Crippen LogP contribution in [-0.4, -0.2) is 43.8 Å². The Morgan fingerprint density at radius 1 is 0.822 bits per heavy atom. The molecule has 4 rings (SSSR count). The van der Waals surface area contributed by atoms with Crippen molar-refractivity contribution in [2.24, 2.45) is 0 Å². The summed E-state index contributed by atoms with van der Waals surface area (Å²) in [5.74, 6) is -0.832. The highest BCUT2D eigenvalue weighted by Crippen LogP contribution is 2.27. The average molecular weight is 646 g/mol. The maximum absolute atomic E-state index is 14.6. The van der Waals surface area contributed by atoms with Gasteiger partial charge < -0.3 is 10.2 Å². The van der Waals surface area contributed by atoms with E-state index in [2.05, 4.69) is 5.32 Å². The molecular formula is C36H40ClN3O4S. The first kappa shape index (κ1) is 33.7. The molecule has 7 nitrogen and oxygen atoms in total. The molecule has 0 radical (unpaired) electrons. The van der Waals surface area contributed by atoms with Crippen molar-refractivity contribution in [1.29, 1.82) is 0 Å². The van der Waals surface area contributed by atoms with E-state index in [1.54, 1.807) is 48.5 Å². The van der Waals surface area contributed by atoms with Gasteiger partial charge in [-0.05, 0) is 85.8 Å². The molecule has 0 unspecified atom stereocenters. The Bertz CT molecular complexity index is 1690. The maximum atomic E-state index is 14.6. The van der Waals surface area contributed by atoms with Crippen LogP contribution in [0.5, 0.6) is 0 Å². The van der Waals surface area contributed by atoms with Crippen molar-refractivity contribution < 1.29 is 18.0 Å². The number of nitrogens with one attached hydrogen (secondary N) is 1. The molecule has 0 aliphatic heterocycles. The summed E-state index contributed by atoms with van der Waals surface area (Å²) in [5.41, 5.74) is 3.67. The van der Waals surface area contributed by atoms with Gasteiger partial charge in [-0.25, -0.2) is 8.42 Å². The first-order valence-corrected chi connectivity index (χ1v) is 16.8. The normalized spacial score (nSPS) is 12.6. The third-order valence-electron chi connectivity index (χ3n) is 7.62. The van der Waals surface area contributed by atoms with Crippen LogP contribution in [-0.2, 0) is 32.6 Å². The Kier molecular flexibility index (Phi) is 11.4. The van der Waals surface area contributed by atoms with Gasteiger partial charge in [0.05, 0.1) is 10.6 Å². The average Bonchev–Trinajstić information content (AvgIpc) is 3.01. The first-order chi connectivity index (χ1) is 21.5. The summed E-state index contributed by atoms with van der Waals surface area (Å²) in [6, 6.07) is 29.0. The summed E-state index contributed by atoms with van der Waals surface area (Å²) in [7, 11) is -4.16. The molecule has 1 N–H and O–H groups in total. The van der Waals surface area contributed by atoms with E-state index in [0.717, 1.165) is 21.0 Å². The Hall–Kier alpha value is -4.14. The molecule has 0 saturated heterocycles. The van der Waals surface area contributed by atoms with Crippen molar-refractivity contribution >= 4 is 39.1 Å². The number of rotatable bonds is 13. The van der Waals surface area contributed by atoms with Gasteiger partial charge in [0.25, 0.3) is 10.0 Å². The number of nitrogens with zero attached hydrogens (tertiary/aromatic N) is 2. The second-order valence-electron chi connectivity index (χ2n) is 11.3. The molecule has 0 saturated carbocycles. The van der Waals surface area contributed by atoms with Crippen molar-refractivity contribution in [2.75, 3.05) is 10.8 Å². The molecule has 4 aromatic rings. The summed E-state index contributed by atoms with van der Waals surface area (Å²) in [6.07, 6.45) is 0.951. The van der Waals surface area contributed by atoms with Crippen LogP contribution >= 0.6 is 11.6 Å². The van der Waals surface area contributed by atoms with E-state index in [-0.39, 0.29) is 29.8 Å². The Balaban J connectivity index is 1.83. The van der Waals surface area contributed by atoms with Crippen molar-refractivity contribution in [2.45, 2.75) is 64.1 Å². The lowest BCUT2D eigenvalue weighted by Crippen LogP contribution is -2.54. The minimum Gasteiger partial charge on any atom is -0.352 e. The quantitative estimate of drug-likeness (QED) is 0.175. The molecule has 236 valence electrons. The van der Waals surface area contributed by atoms with Crippen LogP contribution in [0.4, 0.5) is 5.69 Å². The van der Waals surface area contributed by atoms with E-state index in [1.807, 2.05) is 70.2 Å². The highest BCUT2D eigenvalue weighted by atomic mass is 35.5. The molecule has 2 amide bonds. The van der Waals surface area contributed by atoms with Crippen molar-refractivity contribution in [1.82, 2.24) is 10.2 Å². The highest BCUT2D eigenvalue weighted by Gasteiger charge is 2.35. The van der Waals surface area contributed by atoms with E-state index in [0.29, 0.717) is 22.7 Å². The topological polar surface area (TPSA) is 86.8 Å². The number of amides is 2. The number of aryl methyl sites for hydroxylation is 2. The molecule has 4 aromatic carbocycles. The molecule has 9 heteroatoms. The lowest BCUT2D eigenvalue weighted by Gasteiger charge is -2.34. The van der Waals surface area contributed by atoms with Gasteiger partial charge >= 0.3 is 0 Å². The summed E-state index contributed by atoms with van der Waals surface area (Å²) < 4.78 is 29.4. The Morgan fingerprint density at radius 2 is 1.42 bits per heavy atom. The highest BCUT2D eigenvalue weighted by molar-refractivity contribution is 7.92. The Morgan fingerprint density at radius 3 is 2.02 bits per heavy atom. The van der Waals surface area contributed by atoms with Gasteiger partial charge in [0.2, 0.25) is 11.8 Å². The number of sulfonamides is 1. The fourth-order valence-electron chi connectivity index (χ4n) is 5.17. The van der Waals surface area contributed by atoms with Gasteiger partial charge in [-0.2, -0.15) is 0 Å². The van der Waals surface area contributed by atoms with Crippen molar-refractivity contribution in [3.8, 4) is 0 Å². The van der Waals surface area contributed by atoms with Crippen LogP contribution < -0.4 is 9.62 Å². The molecule has 0 aliphatic carbocycles. The number of carbonyl (C=O) groups excluding carboxylic acids is 2. The summed E-state index contributed by atoms with van der Waals surface area (Å²) >= 11 is 6.32. The number of benzene rings is 4. The zero-order valence-electron chi connectivity index (χ0n) is 26.1. The smallest absolute Gasteiger partial charge is 0.264 e. The van der Waals surface area contributed by atoms with E-state index < -0.39 is 28.5 Å². The predicted molar refractivity (Wildman–Crippen MR) is 181 cm³/mol. The van der Waals surface area contributed by atoms with Crippen molar-refractivity contribution in [3.63, 3.8) is 0 Å². The largest absolute Gasteiger partial charge is 0.352 e. The Labute approximate surface area is 271 Å². The first-order valence-electron chi connectivity index (χ1n) is 15.0. The summed E-state index contributed by atoms with van der Waals surface area (Å²) in [4.78, 5) is 30.0. The molecule has 0 bridgehead atoms. The van der Waals surface area contributed by atoms with E-state index in [1.165, 1.54) is 17.0 Å². The third-order valence-corrected chi connectivity index (χ3v) is 9.64. The van der Waals surface area contributed by atoms with Gasteiger partial charge in [-0.1, -0.05) is 85.3 Å². The van der Waals surface area contributed by atoms with E-state index >= 15 is 0 Å². The fourth-order valence-corrected chi connectivity index (χ4v) is 6.80. The van der Waals surface area contributed by atoms with Crippen LogP contribution in [0.2, 0.25) is 5.02 Å². The second-order valence-corrected chi connectivity index (χ2v) is 13.6. The van der Waals surface area contributed by atoms with Gasteiger partial charge in [-0.15, -0.1) is 0 Å². The van der Waals surface area contributed by atoms with Crippen LogP contribution in [0.1, 0.15) is 42.5 Å². The van der Waals surface area contributed by atoms with Crippen LogP contribution in [0.3, 0.4) is 0 Å². The van der Waals surface area contributed by atoms with Gasteiger partial charge in [-0.3, -0.25) is 13.9 Å². The summed E-state index contributed by atoms with van der Waals surface area (Å²) in [6.45, 7) is 7.19. The lowest BCUT2D eigenvalue weighted by atomic mass is 10.0. The molecule has 0 fully saturated rings. The lowest BCUT2D eigenvalue weighted by molar-refractivity contribution is -0.140. The zero-order valence-corrected chi connectivity index (χ0v) is 27.7. The molecular weight excluding hydrogens is 606 g/mol. The molecule has 0 spiro atoms. The monoisotopic (exact) mass is 645 g/mol. The second kappa shape index (κ2) is 15.2. The maximum Gasteiger partial charge on any atom is 0.264 e. The van der Waals surface area contributed by atoms with E-state index in [9.17, 15) is 18.0 Å². The molecule has 0 aromatic heterocycles.